The lowest BCUT2D eigenvalue weighted by Crippen LogP contribution is -2.28. The Labute approximate surface area is 142 Å². The van der Waals surface area contributed by atoms with Crippen LogP contribution < -0.4 is 4.90 Å². The molecule has 0 bridgehead atoms. The van der Waals surface area contributed by atoms with E-state index < -0.39 is 35.2 Å². The number of hydrogen-bond donors (Lipinski definition) is 0. The minimum absolute atomic E-state index is 0.164. The molecule has 1 aliphatic rings. The van der Waals surface area contributed by atoms with Crippen molar-refractivity contribution < 1.29 is 18.3 Å². The van der Waals surface area contributed by atoms with Crippen molar-refractivity contribution in [2.75, 3.05) is 18.0 Å². The molecule has 0 radical (unpaired) electrons. The van der Waals surface area contributed by atoms with Gasteiger partial charge in [0.15, 0.2) is 5.69 Å². The average Bonchev–Trinajstić information content (AvgIpc) is 3.28. The Morgan fingerprint density at radius 3 is 2.04 bits per heavy atom. The van der Waals surface area contributed by atoms with Crippen LogP contribution in [0.1, 0.15) is 26.2 Å². The first kappa shape index (κ1) is 18.4. The van der Waals surface area contributed by atoms with Crippen LogP contribution in [0.2, 0.25) is 0 Å². The number of hydrogen-bond acceptors (Lipinski definition) is 7. The van der Waals surface area contributed by atoms with Gasteiger partial charge < -0.3 is 4.90 Å². The number of rotatable bonds is 8. The zero-order valence-corrected chi connectivity index (χ0v) is 14.4. The van der Waals surface area contributed by atoms with E-state index in [2.05, 4.69) is 0 Å². The highest BCUT2D eigenvalue weighted by Crippen LogP contribution is 2.42. The highest BCUT2D eigenvalue weighted by molar-refractivity contribution is 8.13. The van der Waals surface area contributed by atoms with Crippen LogP contribution in [0.15, 0.2) is 17.0 Å². The van der Waals surface area contributed by atoms with E-state index in [4.69, 9.17) is 10.7 Å². The first-order valence-corrected chi connectivity index (χ1v) is 9.62. The molecule has 0 heterocycles. The van der Waals surface area contributed by atoms with Crippen LogP contribution >= 0.6 is 10.7 Å². The van der Waals surface area contributed by atoms with Gasteiger partial charge in [-0.2, -0.15) is 0 Å². The van der Waals surface area contributed by atoms with Gasteiger partial charge in [-0.25, -0.2) is 8.42 Å². The summed E-state index contributed by atoms with van der Waals surface area (Å²) in [6, 6.07) is 1.56. The van der Waals surface area contributed by atoms with E-state index >= 15 is 0 Å². The Kier molecular flexibility index (Phi) is 5.29. The predicted octanol–water partition coefficient (Wildman–Crippen LogP) is 3.06. The van der Waals surface area contributed by atoms with Gasteiger partial charge in [-0.05, 0) is 25.2 Å². The van der Waals surface area contributed by atoms with Gasteiger partial charge >= 0.3 is 11.4 Å². The van der Waals surface area contributed by atoms with Crippen LogP contribution in [0.3, 0.4) is 0 Å². The van der Waals surface area contributed by atoms with Crippen molar-refractivity contribution in [3.05, 3.63) is 32.4 Å². The Balaban J connectivity index is 2.69. The first-order chi connectivity index (χ1) is 11.1. The highest BCUT2D eigenvalue weighted by atomic mass is 35.7. The molecular weight excluding hydrogens is 362 g/mol. The van der Waals surface area contributed by atoms with Crippen LogP contribution in [0.4, 0.5) is 17.1 Å². The largest absolute Gasteiger partial charge is 0.360 e. The Bertz CT molecular complexity index is 743. The zero-order chi connectivity index (χ0) is 18.1. The van der Waals surface area contributed by atoms with E-state index in [0.29, 0.717) is 25.4 Å². The second-order valence-electron chi connectivity index (χ2n) is 5.65. The van der Waals surface area contributed by atoms with E-state index in [1.807, 2.05) is 6.92 Å². The van der Waals surface area contributed by atoms with Crippen LogP contribution in [-0.4, -0.2) is 31.4 Å². The molecule has 0 unspecified atom stereocenters. The summed E-state index contributed by atoms with van der Waals surface area (Å²) in [7, 11) is 0.877. The Hall–Kier alpha value is -1.94. The second-order valence-corrected chi connectivity index (χ2v) is 8.22. The summed E-state index contributed by atoms with van der Waals surface area (Å²) in [6.07, 6.45) is 2.57. The molecule has 1 aromatic carbocycles. The maximum Gasteiger partial charge on any atom is 0.301 e. The SMILES string of the molecule is CCCN(CC1CC1)c1c([N+](=O)[O-])cc(S(=O)(=O)Cl)cc1[N+](=O)[O-]. The molecule has 1 saturated carbocycles. The van der Waals surface area contributed by atoms with Crippen LogP contribution in [0.5, 0.6) is 0 Å². The minimum atomic E-state index is -4.34. The van der Waals surface area contributed by atoms with E-state index in [1.54, 1.807) is 4.90 Å². The van der Waals surface area contributed by atoms with Crippen molar-refractivity contribution in [2.45, 2.75) is 31.1 Å². The molecule has 0 aromatic heterocycles. The molecule has 11 heteroatoms. The van der Waals surface area contributed by atoms with E-state index in [-0.39, 0.29) is 5.69 Å². The lowest BCUT2D eigenvalue weighted by molar-refractivity contribution is -0.393. The fraction of sp³-hybridized carbons (Fsp3) is 0.538. The monoisotopic (exact) mass is 377 g/mol. The Morgan fingerprint density at radius 1 is 1.21 bits per heavy atom. The molecule has 132 valence electrons. The maximum absolute atomic E-state index is 11.5. The summed E-state index contributed by atoms with van der Waals surface area (Å²) in [5.74, 6) is 0.340. The average molecular weight is 378 g/mol. The molecule has 0 aliphatic heterocycles. The summed E-state index contributed by atoms with van der Waals surface area (Å²) < 4.78 is 23.0. The van der Waals surface area contributed by atoms with E-state index in [1.165, 1.54) is 0 Å². The van der Waals surface area contributed by atoms with Crippen molar-refractivity contribution >= 4 is 36.8 Å². The van der Waals surface area contributed by atoms with Gasteiger partial charge in [0.1, 0.15) is 0 Å². The summed E-state index contributed by atoms with van der Waals surface area (Å²) in [5, 5.41) is 22.8. The van der Waals surface area contributed by atoms with Crippen molar-refractivity contribution in [1.82, 2.24) is 0 Å². The van der Waals surface area contributed by atoms with Crippen LogP contribution in [0, 0.1) is 26.1 Å². The lowest BCUT2D eigenvalue weighted by atomic mass is 10.2. The van der Waals surface area contributed by atoms with Gasteiger partial charge in [0.2, 0.25) is 0 Å². The van der Waals surface area contributed by atoms with Gasteiger partial charge in [-0.1, -0.05) is 6.92 Å². The molecule has 1 aromatic rings. The summed E-state index contributed by atoms with van der Waals surface area (Å²) in [5.41, 5.74) is -1.42. The molecule has 2 rings (SSSR count). The van der Waals surface area contributed by atoms with Gasteiger partial charge in [0.25, 0.3) is 9.05 Å². The van der Waals surface area contributed by atoms with Gasteiger partial charge in [-0.3, -0.25) is 20.2 Å². The van der Waals surface area contributed by atoms with Crippen LogP contribution in [-0.2, 0) is 9.05 Å². The van der Waals surface area contributed by atoms with Gasteiger partial charge in [0.05, 0.1) is 14.7 Å². The predicted molar refractivity (Wildman–Crippen MR) is 88.0 cm³/mol. The van der Waals surface area contributed by atoms with Crippen LogP contribution in [0.25, 0.3) is 0 Å². The molecule has 0 N–H and O–H groups in total. The third-order valence-corrected chi connectivity index (χ3v) is 5.04. The highest BCUT2D eigenvalue weighted by Gasteiger charge is 2.35. The van der Waals surface area contributed by atoms with E-state index in [9.17, 15) is 28.6 Å². The van der Waals surface area contributed by atoms with Crippen molar-refractivity contribution in [3.63, 3.8) is 0 Å². The van der Waals surface area contributed by atoms with E-state index in [0.717, 1.165) is 25.0 Å². The number of nitro groups is 2. The van der Waals surface area contributed by atoms with Crippen molar-refractivity contribution in [1.29, 1.82) is 0 Å². The fourth-order valence-electron chi connectivity index (χ4n) is 2.50. The Morgan fingerprint density at radius 2 is 1.71 bits per heavy atom. The molecular formula is C13H16ClN3O6S. The molecule has 9 nitrogen and oxygen atoms in total. The van der Waals surface area contributed by atoms with Gasteiger partial charge in [-0.15, -0.1) is 0 Å². The molecule has 1 aliphatic carbocycles. The summed E-state index contributed by atoms with van der Waals surface area (Å²) in [4.78, 5) is 22.1. The molecule has 1 fully saturated rings. The molecule has 0 spiro atoms. The quantitative estimate of drug-likeness (QED) is 0.387. The maximum atomic E-state index is 11.5. The molecule has 0 amide bonds. The molecule has 0 saturated heterocycles. The van der Waals surface area contributed by atoms with Crippen molar-refractivity contribution in [3.8, 4) is 0 Å². The molecule has 24 heavy (non-hydrogen) atoms. The third-order valence-electron chi connectivity index (χ3n) is 3.70. The summed E-state index contributed by atoms with van der Waals surface area (Å²) >= 11 is 0. The zero-order valence-electron chi connectivity index (χ0n) is 12.8. The number of halogens is 1. The number of nitrogens with zero attached hydrogens (tertiary/aromatic N) is 3. The topological polar surface area (TPSA) is 124 Å². The third kappa shape index (κ3) is 4.12. The number of nitro benzene ring substituents is 2. The summed E-state index contributed by atoms with van der Waals surface area (Å²) in [6.45, 7) is 2.71. The molecule has 0 atom stereocenters. The second kappa shape index (κ2) is 6.89. The van der Waals surface area contributed by atoms with Gasteiger partial charge in [0, 0.05) is 35.9 Å². The number of anilines is 1. The smallest absolute Gasteiger partial charge is 0.301 e. The van der Waals surface area contributed by atoms with Crippen molar-refractivity contribution in [2.24, 2.45) is 5.92 Å². The number of benzene rings is 1. The standard InChI is InChI=1S/C13H16ClN3O6S/c1-2-5-15(8-9-3-4-9)13-11(16(18)19)6-10(24(14,22)23)7-12(13)17(20)21/h6-7,9H,2-5,8H2,1H3. The minimum Gasteiger partial charge on any atom is -0.360 e. The fourth-order valence-corrected chi connectivity index (χ4v) is 3.27. The lowest BCUT2D eigenvalue weighted by Gasteiger charge is -2.23. The normalized spacial score (nSPS) is 14.4. The first-order valence-electron chi connectivity index (χ1n) is 7.31.